The quantitative estimate of drug-likeness (QED) is 0.940. The van der Waals surface area contributed by atoms with Gasteiger partial charge in [-0.3, -0.25) is 4.79 Å². The summed E-state index contributed by atoms with van der Waals surface area (Å²) in [6, 6.07) is 7.15. The van der Waals surface area contributed by atoms with Gasteiger partial charge < -0.3 is 5.11 Å². The van der Waals surface area contributed by atoms with Crippen molar-refractivity contribution in [2.24, 2.45) is 0 Å². The molecule has 2 rings (SSSR count). The zero-order valence-corrected chi connectivity index (χ0v) is 11.7. The van der Waals surface area contributed by atoms with E-state index >= 15 is 0 Å². The van der Waals surface area contributed by atoms with Crippen LogP contribution in [0.2, 0.25) is 0 Å². The maximum atomic E-state index is 12.5. The number of rotatable bonds is 4. The van der Waals surface area contributed by atoms with Crippen LogP contribution in [0, 0.1) is 6.92 Å². The van der Waals surface area contributed by atoms with Gasteiger partial charge in [0.1, 0.15) is 10.9 Å². The van der Waals surface area contributed by atoms with Crippen molar-refractivity contribution in [2.75, 3.05) is 0 Å². The number of carboxylic acid groups (broad SMARTS) is 1. The van der Waals surface area contributed by atoms with Gasteiger partial charge in [0.25, 0.3) is 0 Å². The Hall–Kier alpha value is -1.96. The summed E-state index contributed by atoms with van der Waals surface area (Å²) in [5.41, 5.74) is 1.68. The van der Waals surface area contributed by atoms with Gasteiger partial charge in [0, 0.05) is 0 Å². The van der Waals surface area contributed by atoms with Gasteiger partial charge in [0.05, 0.1) is 0 Å². The number of carboxylic acids is 1. The van der Waals surface area contributed by atoms with Crippen molar-refractivity contribution < 1.29 is 23.1 Å². The summed E-state index contributed by atoms with van der Waals surface area (Å²) in [4.78, 5) is 14.6. The number of hydrogen-bond donors (Lipinski definition) is 1. The van der Waals surface area contributed by atoms with Crippen LogP contribution in [0.3, 0.4) is 0 Å². The number of aromatic nitrogens is 2. The Bertz CT molecular complexity index is 655. The Morgan fingerprint density at radius 2 is 2.14 bits per heavy atom. The molecule has 1 N–H and O–H groups in total. The molecule has 0 fully saturated rings. The molecule has 1 aromatic carbocycles. The summed E-state index contributed by atoms with van der Waals surface area (Å²) in [5, 5.41) is 9.08. The molecule has 0 saturated heterocycles. The minimum atomic E-state index is -4.67. The number of aliphatic carboxylic acids is 1. The lowest BCUT2D eigenvalue weighted by atomic mass is 9.99. The van der Waals surface area contributed by atoms with Crippen LogP contribution in [0.4, 0.5) is 13.2 Å². The lowest BCUT2D eigenvalue weighted by Gasteiger charge is -2.09. The lowest BCUT2D eigenvalue weighted by molar-refractivity contribution is -0.145. The van der Waals surface area contributed by atoms with E-state index in [4.69, 9.17) is 0 Å². The molecule has 112 valence electrons. The molecule has 2 aromatic rings. The Kier molecular flexibility index (Phi) is 4.26. The van der Waals surface area contributed by atoms with Crippen LogP contribution in [0.25, 0.3) is 0 Å². The van der Waals surface area contributed by atoms with Gasteiger partial charge in [0.2, 0.25) is 5.82 Å². The van der Waals surface area contributed by atoms with Gasteiger partial charge >= 0.3 is 12.1 Å². The van der Waals surface area contributed by atoms with Crippen molar-refractivity contribution in [3.63, 3.8) is 0 Å². The van der Waals surface area contributed by atoms with Crippen LogP contribution in [0.5, 0.6) is 0 Å². The molecule has 4 nitrogen and oxygen atoms in total. The molecule has 0 aliphatic heterocycles. The summed E-state index contributed by atoms with van der Waals surface area (Å²) < 4.78 is 40.6. The molecule has 1 unspecified atom stereocenters. The van der Waals surface area contributed by atoms with Crippen LogP contribution in [0.15, 0.2) is 24.3 Å². The second kappa shape index (κ2) is 5.80. The highest BCUT2D eigenvalue weighted by molar-refractivity contribution is 7.05. The molecule has 0 radical (unpaired) electrons. The minimum Gasteiger partial charge on any atom is -0.481 e. The zero-order valence-electron chi connectivity index (χ0n) is 10.9. The third-order valence-electron chi connectivity index (χ3n) is 2.81. The monoisotopic (exact) mass is 316 g/mol. The molecule has 0 amide bonds. The first-order valence-electron chi connectivity index (χ1n) is 5.96. The number of aryl methyl sites for hydroxylation is 1. The van der Waals surface area contributed by atoms with Gasteiger partial charge in [-0.15, -0.1) is 0 Å². The predicted octanol–water partition coefficient (Wildman–Crippen LogP) is 3.28. The largest absolute Gasteiger partial charge is 0.481 e. The SMILES string of the molecule is Cc1cccc(CC(C(=O)O)c2nc(C(F)(F)F)ns2)c1. The van der Waals surface area contributed by atoms with E-state index in [2.05, 4.69) is 9.36 Å². The Morgan fingerprint density at radius 1 is 1.43 bits per heavy atom. The molecule has 0 aliphatic carbocycles. The molecule has 1 aromatic heterocycles. The van der Waals surface area contributed by atoms with Gasteiger partial charge in [0.15, 0.2) is 0 Å². The maximum Gasteiger partial charge on any atom is 0.452 e. The molecule has 0 bridgehead atoms. The number of alkyl halides is 3. The standard InChI is InChI=1S/C13H11F3N2O2S/c1-7-3-2-4-8(5-7)6-9(11(19)20)10-17-12(18-21-10)13(14,15)16/h2-5,9H,6H2,1H3,(H,19,20). The summed E-state index contributed by atoms with van der Waals surface area (Å²) in [6.07, 6.45) is -4.59. The van der Waals surface area contributed by atoms with E-state index in [1.807, 2.05) is 13.0 Å². The van der Waals surface area contributed by atoms with Crippen LogP contribution in [-0.2, 0) is 17.4 Å². The van der Waals surface area contributed by atoms with Gasteiger partial charge in [-0.2, -0.15) is 17.5 Å². The number of hydrogen-bond acceptors (Lipinski definition) is 4. The van der Waals surface area contributed by atoms with E-state index in [-0.39, 0.29) is 11.4 Å². The fourth-order valence-electron chi connectivity index (χ4n) is 1.85. The van der Waals surface area contributed by atoms with Crippen LogP contribution >= 0.6 is 11.5 Å². The molecular formula is C13H11F3N2O2S. The van der Waals surface area contributed by atoms with Crippen molar-refractivity contribution >= 4 is 17.5 Å². The molecule has 1 atom stereocenters. The van der Waals surface area contributed by atoms with Crippen molar-refractivity contribution in [1.29, 1.82) is 0 Å². The molecule has 8 heteroatoms. The highest BCUT2D eigenvalue weighted by atomic mass is 32.1. The second-order valence-electron chi connectivity index (χ2n) is 4.54. The third-order valence-corrected chi connectivity index (χ3v) is 3.64. The van der Waals surface area contributed by atoms with Crippen molar-refractivity contribution in [2.45, 2.75) is 25.4 Å². The topological polar surface area (TPSA) is 63.1 Å². The number of benzene rings is 1. The Labute approximate surface area is 122 Å². The highest BCUT2D eigenvalue weighted by Crippen LogP contribution is 2.31. The first-order chi connectivity index (χ1) is 9.77. The normalized spacial score (nSPS) is 13.1. The minimum absolute atomic E-state index is 0.0729. The van der Waals surface area contributed by atoms with Crippen molar-refractivity contribution in [3.05, 3.63) is 46.2 Å². The van der Waals surface area contributed by atoms with Crippen LogP contribution in [-0.4, -0.2) is 20.4 Å². The van der Waals surface area contributed by atoms with Gasteiger partial charge in [-0.05, 0) is 30.4 Å². The van der Waals surface area contributed by atoms with Crippen molar-refractivity contribution in [1.82, 2.24) is 9.36 Å². The number of halogens is 3. The molecule has 0 saturated carbocycles. The van der Waals surface area contributed by atoms with E-state index in [1.54, 1.807) is 18.2 Å². The molecule has 1 heterocycles. The molecule has 21 heavy (non-hydrogen) atoms. The maximum absolute atomic E-state index is 12.5. The fourth-order valence-corrected chi connectivity index (χ4v) is 2.61. The van der Waals surface area contributed by atoms with E-state index < -0.39 is 23.9 Å². The average Bonchev–Trinajstić information content (AvgIpc) is 2.84. The second-order valence-corrected chi connectivity index (χ2v) is 5.32. The summed E-state index contributed by atoms with van der Waals surface area (Å²) in [7, 11) is 0. The van der Waals surface area contributed by atoms with Crippen molar-refractivity contribution in [3.8, 4) is 0 Å². The Morgan fingerprint density at radius 3 is 2.67 bits per heavy atom. The zero-order chi connectivity index (χ0) is 15.6. The smallest absolute Gasteiger partial charge is 0.452 e. The highest BCUT2D eigenvalue weighted by Gasteiger charge is 2.37. The molecular weight excluding hydrogens is 305 g/mol. The van der Waals surface area contributed by atoms with Gasteiger partial charge in [-0.1, -0.05) is 29.8 Å². The third kappa shape index (κ3) is 3.78. The average molecular weight is 316 g/mol. The first kappa shape index (κ1) is 15.4. The molecule has 0 spiro atoms. The van der Waals surface area contributed by atoms with E-state index in [9.17, 15) is 23.1 Å². The fraction of sp³-hybridized carbons (Fsp3) is 0.308. The van der Waals surface area contributed by atoms with E-state index in [0.717, 1.165) is 11.1 Å². The van der Waals surface area contributed by atoms with E-state index in [1.165, 1.54) is 0 Å². The first-order valence-corrected chi connectivity index (χ1v) is 6.74. The number of nitrogens with zero attached hydrogens (tertiary/aromatic N) is 2. The van der Waals surface area contributed by atoms with Gasteiger partial charge in [-0.25, -0.2) is 4.98 Å². The van der Waals surface area contributed by atoms with Crippen LogP contribution in [0.1, 0.15) is 27.9 Å². The number of carbonyl (C=O) groups is 1. The summed E-state index contributed by atoms with van der Waals surface area (Å²) in [5.74, 6) is -3.65. The van der Waals surface area contributed by atoms with Crippen LogP contribution < -0.4 is 0 Å². The summed E-state index contributed by atoms with van der Waals surface area (Å²) in [6.45, 7) is 1.85. The van der Waals surface area contributed by atoms with E-state index in [0.29, 0.717) is 11.5 Å². The molecule has 0 aliphatic rings. The predicted molar refractivity (Wildman–Crippen MR) is 70.2 cm³/mol. The summed E-state index contributed by atoms with van der Waals surface area (Å²) >= 11 is 0.474. The lowest BCUT2D eigenvalue weighted by Crippen LogP contribution is -2.15. The Balaban J connectivity index is 2.27.